The molecule has 0 aromatic carbocycles. The van der Waals surface area contributed by atoms with Crippen LogP contribution in [0, 0.1) is 12.8 Å². The quantitative estimate of drug-likeness (QED) is 0.827. The largest absolute Gasteiger partial charge is 0.372 e. The molecule has 1 spiro atoms. The van der Waals surface area contributed by atoms with Crippen molar-refractivity contribution in [2.24, 2.45) is 5.92 Å². The van der Waals surface area contributed by atoms with Crippen molar-refractivity contribution in [2.75, 3.05) is 31.6 Å². The maximum Gasteiger partial charge on any atom is 0.222 e. The van der Waals surface area contributed by atoms with Gasteiger partial charge in [0.2, 0.25) is 16.0 Å². The lowest BCUT2D eigenvalue weighted by molar-refractivity contribution is -0.102. The molecule has 1 aromatic heterocycles. The molecule has 4 rings (SSSR count). The molecular weight excluding hydrogens is 328 g/mol. The molecule has 1 aliphatic carbocycles. The zero-order valence-corrected chi connectivity index (χ0v) is 14.8. The first-order chi connectivity index (χ1) is 11.5. The molecule has 132 valence electrons. The molecule has 1 aromatic rings. The summed E-state index contributed by atoms with van der Waals surface area (Å²) in [7, 11) is -3.07. The van der Waals surface area contributed by atoms with Gasteiger partial charge in [-0.05, 0) is 44.1 Å². The van der Waals surface area contributed by atoms with E-state index in [1.165, 1.54) is 0 Å². The number of sulfonamides is 1. The molecule has 2 saturated heterocycles. The van der Waals surface area contributed by atoms with E-state index in [2.05, 4.69) is 15.3 Å². The monoisotopic (exact) mass is 352 g/mol. The second-order valence-corrected chi connectivity index (χ2v) is 9.42. The smallest absolute Gasteiger partial charge is 0.222 e. The standard InChI is InChI=1S/C16H24N4O3S/c1-12-8-18-15(19-9-12)17-6-4-13-5-7-23-16(13)10-20(11-16)24(21,22)14-2-3-14/h8-9,13-14H,2-7,10-11H2,1H3,(H,17,18,19)/t13-/m1/s1. The molecule has 3 fully saturated rings. The lowest BCUT2D eigenvalue weighted by Gasteiger charge is -2.49. The normalized spacial score (nSPS) is 26.5. The van der Waals surface area contributed by atoms with Crippen LogP contribution >= 0.6 is 0 Å². The number of anilines is 1. The predicted molar refractivity (Wildman–Crippen MR) is 90.2 cm³/mol. The van der Waals surface area contributed by atoms with Crippen LogP contribution in [-0.2, 0) is 14.8 Å². The van der Waals surface area contributed by atoms with Crippen LogP contribution in [0.25, 0.3) is 0 Å². The molecule has 24 heavy (non-hydrogen) atoms. The van der Waals surface area contributed by atoms with Crippen molar-refractivity contribution >= 4 is 16.0 Å². The van der Waals surface area contributed by atoms with Gasteiger partial charge in [-0.15, -0.1) is 0 Å². The first kappa shape index (κ1) is 16.2. The van der Waals surface area contributed by atoms with Gasteiger partial charge >= 0.3 is 0 Å². The molecule has 0 unspecified atom stereocenters. The Morgan fingerprint density at radius 3 is 2.67 bits per heavy atom. The molecule has 0 bridgehead atoms. The third kappa shape index (κ3) is 2.91. The minimum Gasteiger partial charge on any atom is -0.372 e. The van der Waals surface area contributed by atoms with Crippen molar-refractivity contribution < 1.29 is 13.2 Å². The first-order valence-corrected chi connectivity index (χ1v) is 10.2. The number of nitrogens with zero attached hydrogens (tertiary/aromatic N) is 3. The fraction of sp³-hybridized carbons (Fsp3) is 0.750. The van der Waals surface area contributed by atoms with Crippen molar-refractivity contribution in [1.82, 2.24) is 14.3 Å². The van der Waals surface area contributed by atoms with E-state index in [9.17, 15) is 8.42 Å². The second kappa shape index (κ2) is 5.93. The average Bonchev–Trinajstić information content (AvgIpc) is 3.29. The summed E-state index contributed by atoms with van der Waals surface area (Å²) in [6, 6.07) is 0. The van der Waals surface area contributed by atoms with Gasteiger partial charge in [0.05, 0.1) is 10.9 Å². The Hall–Kier alpha value is -1.25. The summed E-state index contributed by atoms with van der Waals surface area (Å²) < 4.78 is 32.2. The zero-order chi connectivity index (χ0) is 16.8. The molecule has 8 heteroatoms. The summed E-state index contributed by atoms with van der Waals surface area (Å²) in [5, 5.41) is 3.12. The van der Waals surface area contributed by atoms with E-state index >= 15 is 0 Å². The van der Waals surface area contributed by atoms with Gasteiger partial charge in [-0.2, -0.15) is 4.31 Å². The molecule has 1 saturated carbocycles. The number of aromatic nitrogens is 2. The van der Waals surface area contributed by atoms with Crippen molar-refractivity contribution in [1.29, 1.82) is 0 Å². The summed E-state index contributed by atoms with van der Waals surface area (Å²) in [4.78, 5) is 8.49. The summed E-state index contributed by atoms with van der Waals surface area (Å²) in [6.45, 7) is 4.51. The van der Waals surface area contributed by atoms with Gasteiger partial charge < -0.3 is 10.1 Å². The Morgan fingerprint density at radius 1 is 1.29 bits per heavy atom. The third-order valence-electron chi connectivity index (χ3n) is 5.35. The number of rotatable bonds is 6. The van der Waals surface area contributed by atoms with Gasteiger partial charge in [0, 0.05) is 38.6 Å². The Morgan fingerprint density at radius 2 is 2.00 bits per heavy atom. The highest BCUT2D eigenvalue weighted by molar-refractivity contribution is 7.90. The molecule has 7 nitrogen and oxygen atoms in total. The van der Waals surface area contributed by atoms with E-state index in [1.807, 2.05) is 6.92 Å². The van der Waals surface area contributed by atoms with E-state index in [4.69, 9.17) is 4.74 Å². The lowest BCUT2D eigenvalue weighted by atomic mass is 9.80. The van der Waals surface area contributed by atoms with Crippen molar-refractivity contribution in [3.8, 4) is 0 Å². The molecule has 1 atom stereocenters. The van der Waals surface area contributed by atoms with Crippen LogP contribution in [0.5, 0.6) is 0 Å². The fourth-order valence-electron chi connectivity index (χ4n) is 3.69. The van der Waals surface area contributed by atoms with Crippen LogP contribution in [0.2, 0.25) is 0 Å². The van der Waals surface area contributed by atoms with E-state index in [0.717, 1.165) is 44.4 Å². The maximum atomic E-state index is 12.3. The molecule has 2 aliphatic heterocycles. The number of hydrogen-bond acceptors (Lipinski definition) is 6. The SMILES string of the molecule is Cc1cnc(NCC[C@@H]2CCOC23CN(S(=O)(=O)C2CC2)C3)nc1. The fourth-order valence-corrected chi connectivity index (χ4v) is 5.64. The second-order valence-electron chi connectivity index (χ2n) is 7.21. The van der Waals surface area contributed by atoms with Crippen molar-refractivity contribution in [2.45, 2.75) is 43.5 Å². The van der Waals surface area contributed by atoms with E-state index in [0.29, 0.717) is 25.0 Å². The zero-order valence-electron chi connectivity index (χ0n) is 13.9. The van der Waals surface area contributed by atoms with Gasteiger partial charge in [0.15, 0.2) is 0 Å². The third-order valence-corrected chi connectivity index (χ3v) is 7.64. The van der Waals surface area contributed by atoms with Crippen LogP contribution in [0.3, 0.4) is 0 Å². The highest BCUT2D eigenvalue weighted by Crippen LogP contribution is 2.45. The van der Waals surface area contributed by atoms with Gasteiger partial charge in [0.25, 0.3) is 0 Å². The highest BCUT2D eigenvalue weighted by Gasteiger charge is 2.57. The lowest BCUT2D eigenvalue weighted by Crippen LogP contribution is -2.66. The van der Waals surface area contributed by atoms with Crippen LogP contribution in [0.4, 0.5) is 5.95 Å². The Labute approximate surface area is 142 Å². The average molecular weight is 352 g/mol. The minimum absolute atomic E-state index is 0.130. The van der Waals surface area contributed by atoms with Gasteiger partial charge in [-0.1, -0.05) is 0 Å². The predicted octanol–water partition coefficient (Wildman–Crippen LogP) is 1.17. The Balaban J connectivity index is 1.30. The summed E-state index contributed by atoms with van der Waals surface area (Å²) >= 11 is 0. The summed E-state index contributed by atoms with van der Waals surface area (Å²) in [6.07, 6.45) is 7.15. The number of ether oxygens (including phenoxy) is 1. The maximum absolute atomic E-state index is 12.3. The van der Waals surface area contributed by atoms with Crippen LogP contribution in [0.1, 0.15) is 31.2 Å². The number of aryl methyl sites for hydroxylation is 1. The van der Waals surface area contributed by atoms with Gasteiger partial charge in [0.1, 0.15) is 0 Å². The highest BCUT2D eigenvalue weighted by atomic mass is 32.2. The van der Waals surface area contributed by atoms with Gasteiger partial charge in [-0.25, -0.2) is 18.4 Å². The van der Waals surface area contributed by atoms with E-state index in [-0.39, 0.29) is 10.9 Å². The Bertz CT molecular complexity index is 697. The van der Waals surface area contributed by atoms with Gasteiger partial charge in [-0.3, -0.25) is 0 Å². The van der Waals surface area contributed by atoms with E-state index < -0.39 is 10.0 Å². The minimum atomic E-state index is -3.07. The molecule has 0 radical (unpaired) electrons. The number of nitrogens with one attached hydrogen (secondary N) is 1. The Kier molecular flexibility index (Phi) is 4.01. The van der Waals surface area contributed by atoms with Crippen molar-refractivity contribution in [3.63, 3.8) is 0 Å². The molecular formula is C16H24N4O3S. The summed E-state index contributed by atoms with van der Waals surface area (Å²) in [5.41, 5.74) is 0.771. The molecule has 3 heterocycles. The van der Waals surface area contributed by atoms with Crippen LogP contribution < -0.4 is 5.32 Å². The first-order valence-electron chi connectivity index (χ1n) is 8.65. The number of hydrogen-bond donors (Lipinski definition) is 1. The molecule has 3 aliphatic rings. The van der Waals surface area contributed by atoms with Crippen LogP contribution in [-0.4, -0.2) is 59.8 Å². The molecule has 0 amide bonds. The topological polar surface area (TPSA) is 84.4 Å². The summed E-state index contributed by atoms with van der Waals surface area (Å²) in [5.74, 6) is 1.03. The molecule has 1 N–H and O–H groups in total. The van der Waals surface area contributed by atoms with Crippen molar-refractivity contribution in [3.05, 3.63) is 18.0 Å². The van der Waals surface area contributed by atoms with E-state index in [1.54, 1.807) is 16.7 Å². The van der Waals surface area contributed by atoms with Crippen LogP contribution in [0.15, 0.2) is 12.4 Å².